The lowest BCUT2D eigenvalue weighted by molar-refractivity contribution is -0.387. The molecule has 0 aliphatic carbocycles. The molecule has 1 aliphatic rings. The summed E-state index contributed by atoms with van der Waals surface area (Å²) in [6.07, 6.45) is -0.447. The van der Waals surface area contributed by atoms with Gasteiger partial charge in [0.2, 0.25) is 0 Å². The maximum Gasteiger partial charge on any atom is 0.409 e. The van der Waals surface area contributed by atoms with Gasteiger partial charge in [-0.15, -0.1) is 0 Å². The molecule has 2 aromatic rings. The van der Waals surface area contributed by atoms with E-state index in [1.54, 1.807) is 19.1 Å². The monoisotopic (exact) mass is 462 g/mol. The molecule has 0 atom stereocenters. The number of piperazine rings is 1. The van der Waals surface area contributed by atoms with E-state index < -0.39 is 37.5 Å². The number of sulfonamides is 1. The third kappa shape index (κ3) is 4.97. The van der Waals surface area contributed by atoms with Crippen molar-refractivity contribution in [2.75, 3.05) is 37.5 Å². The van der Waals surface area contributed by atoms with Crippen molar-refractivity contribution in [1.29, 1.82) is 0 Å². The highest BCUT2D eigenvalue weighted by Crippen LogP contribution is 2.27. The van der Waals surface area contributed by atoms with E-state index >= 15 is 0 Å². The third-order valence-corrected chi connectivity index (χ3v) is 6.26. The second-order valence-electron chi connectivity index (χ2n) is 6.85. The summed E-state index contributed by atoms with van der Waals surface area (Å²) < 4.78 is 33.0. The number of amides is 2. The van der Waals surface area contributed by atoms with Crippen LogP contribution < -0.4 is 4.72 Å². The normalized spacial score (nSPS) is 14.0. The second-order valence-corrected chi connectivity index (χ2v) is 8.50. The summed E-state index contributed by atoms with van der Waals surface area (Å²) in [6, 6.07) is 11.0. The van der Waals surface area contributed by atoms with Crippen LogP contribution in [0.5, 0.6) is 0 Å². The summed E-state index contributed by atoms with van der Waals surface area (Å²) in [4.78, 5) is 37.9. The van der Waals surface area contributed by atoms with Crippen LogP contribution in [-0.4, -0.2) is 67.9 Å². The highest BCUT2D eigenvalue weighted by atomic mass is 32.2. The van der Waals surface area contributed by atoms with E-state index in [2.05, 4.69) is 4.72 Å². The molecular weight excluding hydrogens is 440 g/mol. The molecule has 0 spiro atoms. The summed E-state index contributed by atoms with van der Waals surface area (Å²) in [7, 11) is -4.33. The Morgan fingerprint density at radius 3 is 2.28 bits per heavy atom. The molecule has 2 aromatic carbocycles. The molecule has 0 saturated carbocycles. The average molecular weight is 462 g/mol. The molecule has 11 nitrogen and oxygen atoms in total. The molecule has 170 valence electrons. The number of nitro groups is 1. The van der Waals surface area contributed by atoms with Crippen LogP contribution in [0.25, 0.3) is 0 Å². The molecule has 1 heterocycles. The minimum atomic E-state index is -4.33. The minimum Gasteiger partial charge on any atom is -0.450 e. The van der Waals surface area contributed by atoms with E-state index in [1.807, 2.05) is 0 Å². The van der Waals surface area contributed by atoms with Crippen molar-refractivity contribution >= 4 is 33.4 Å². The number of benzene rings is 2. The molecule has 1 saturated heterocycles. The smallest absolute Gasteiger partial charge is 0.409 e. The van der Waals surface area contributed by atoms with Crippen LogP contribution >= 0.6 is 0 Å². The van der Waals surface area contributed by atoms with Gasteiger partial charge in [0.05, 0.1) is 22.8 Å². The van der Waals surface area contributed by atoms with Gasteiger partial charge in [-0.05, 0) is 25.1 Å². The Balaban J connectivity index is 1.80. The Labute approximate surface area is 184 Å². The standard InChI is InChI=1S/C20H22N4O7S/c1-2-31-20(26)23-13-11-22(12-14-23)19(25)15-7-3-4-8-16(15)21-32(29,30)18-10-6-5-9-17(18)24(27)28/h3-10,21H,2,11-14H2,1H3. The quantitative estimate of drug-likeness (QED) is 0.513. The van der Waals surface area contributed by atoms with Crippen molar-refractivity contribution in [1.82, 2.24) is 9.80 Å². The first-order valence-electron chi connectivity index (χ1n) is 9.81. The number of nitrogens with zero attached hydrogens (tertiary/aromatic N) is 3. The van der Waals surface area contributed by atoms with Crippen LogP contribution in [-0.2, 0) is 14.8 Å². The molecule has 0 unspecified atom stereocenters. The molecule has 3 rings (SSSR count). The molecule has 1 N–H and O–H groups in total. The van der Waals surface area contributed by atoms with Crippen molar-refractivity contribution < 1.29 is 27.7 Å². The van der Waals surface area contributed by atoms with Crippen molar-refractivity contribution in [3.05, 3.63) is 64.2 Å². The molecule has 32 heavy (non-hydrogen) atoms. The van der Waals surface area contributed by atoms with Crippen molar-refractivity contribution in [3.8, 4) is 0 Å². The number of para-hydroxylation sites is 2. The highest BCUT2D eigenvalue weighted by Gasteiger charge is 2.29. The molecule has 0 aromatic heterocycles. The number of nitro benzene ring substituents is 1. The number of carbonyl (C=O) groups is 2. The Hall–Kier alpha value is -3.67. The van der Waals surface area contributed by atoms with E-state index in [0.717, 1.165) is 12.1 Å². The van der Waals surface area contributed by atoms with E-state index in [4.69, 9.17) is 4.74 Å². The Kier molecular flexibility index (Phi) is 6.93. The molecular formula is C20H22N4O7S. The lowest BCUT2D eigenvalue weighted by atomic mass is 10.1. The Morgan fingerprint density at radius 2 is 1.62 bits per heavy atom. The topological polar surface area (TPSA) is 139 Å². The first-order valence-corrected chi connectivity index (χ1v) is 11.3. The molecule has 0 radical (unpaired) electrons. The zero-order valence-corrected chi connectivity index (χ0v) is 18.1. The summed E-state index contributed by atoms with van der Waals surface area (Å²) in [5, 5.41) is 11.2. The molecule has 0 bridgehead atoms. The summed E-state index contributed by atoms with van der Waals surface area (Å²) in [6.45, 7) is 3.04. The van der Waals surface area contributed by atoms with Crippen molar-refractivity contribution in [3.63, 3.8) is 0 Å². The van der Waals surface area contributed by atoms with E-state index in [0.29, 0.717) is 0 Å². The van der Waals surface area contributed by atoms with E-state index in [1.165, 1.54) is 34.1 Å². The van der Waals surface area contributed by atoms with Crippen molar-refractivity contribution in [2.24, 2.45) is 0 Å². The van der Waals surface area contributed by atoms with Crippen LogP contribution in [0.2, 0.25) is 0 Å². The number of nitrogens with one attached hydrogen (secondary N) is 1. The fraction of sp³-hybridized carbons (Fsp3) is 0.300. The average Bonchev–Trinajstić information content (AvgIpc) is 2.79. The predicted octanol–water partition coefficient (Wildman–Crippen LogP) is 2.31. The maximum absolute atomic E-state index is 13.1. The number of hydrogen-bond acceptors (Lipinski definition) is 7. The van der Waals surface area contributed by atoms with Crippen LogP contribution in [0.4, 0.5) is 16.2 Å². The zero-order valence-electron chi connectivity index (χ0n) is 17.3. The summed E-state index contributed by atoms with van der Waals surface area (Å²) in [5.74, 6) is -0.422. The number of ether oxygens (including phenoxy) is 1. The predicted molar refractivity (Wildman–Crippen MR) is 115 cm³/mol. The van der Waals surface area contributed by atoms with Crippen LogP contribution in [0, 0.1) is 10.1 Å². The van der Waals surface area contributed by atoms with E-state index in [9.17, 15) is 28.1 Å². The van der Waals surface area contributed by atoms with Gasteiger partial charge in [0.25, 0.3) is 21.6 Å². The fourth-order valence-corrected chi connectivity index (χ4v) is 4.52. The number of carbonyl (C=O) groups excluding carboxylic acids is 2. The number of anilines is 1. The Bertz CT molecular complexity index is 1130. The van der Waals surface area contributed by atoms with Crippen LogP contribution in [0.3, 0.4) is 0 Å². The van der Waals surface area contributed by atoms with Crippen LogP contribution in [0.15, 0.2) is 53.4 Å². The largest absolute Gasteiger partial charge is 0.450 e. The molecule has 2 amide bonds. The maximum atomic E-state index is 13.1. The van der Waals surface area contributed by atoms with Gasteiger partial charge in [0.1, 0.15) is 0 Å². The number of hydrogen-bond donors (Lipinski definition) is 1. The third-order valence-electron chi connectivity index (χ3n) is 4.85. The zero-order chi connectivity index (χ0) is 23.3. The SMILES string of the molecule is CCOC(=O)N1CCN(C(=O)c2ccccc2NS(=O)(=O)c2ccccc2[N+](=O)[O-])CC1. The van der Waals surface area contributed by atoms with Gasteiger partial charge in [-0.1, -0.05) is 24.3 Å². The fourth-order valence-electron chi connectivity index (χ4n) is 3.27. The van der Waals surface area contributed by atoms with Gasteiger partial charge in [-0.25, -0.2) is 13.2 Å². The van der Waals surface area contributed by atoms with Crippen LogP contribution in [0.1, 0.15) is 17.3 Å². The van der Waals surface area contributed by atoms with E-state index in [-0.39, 0.29) is 44.0 Å². The first kappa shape index (κ1) is 23.0. The second kappa shape index (κ2) is 9.64. The number of rotatable bonds is 6. The lowest BCUT2D eigenvalue weighted by Gasteiger charge is -2.34. The molecule has 1 fully saturated rings. The van der Waals surface area contributed by atoms with Gasteiger partial charge in [0, 0.05) is 32.2 Å². The minimum absolute atomic E-state index is 0.00322. The highest BCUT2D eigenvalue weighted by molar-refractivity contribution is 7.92. The molecule has 1 aliphatic heterocycles. The van der Waals surface area contributed by atoms with Crippen molar-refractivity contribution in [2.45, 2.75) is 11.8 Å². The van der Waals surface area contributed by atoms with Gasteiger partial charge < -0.3 is 14.5 Å². The lowest BCUT2D eigenvalue weighted by Crippen LogP contribution is -2.50. The van der Waals surface area contributed by atoms with Gasteiger partial charge in [-0.2, -0.15) is 0 Å². The van der Waals surface area contributed by atoms with Gasteiger partial charge in [0.15, 0.2) is 4.90 Å². The summed E-state index contributed by atoms with van der Waals surface area (Å²) in [5.41, 5.74) is -0.471. The summed E-state index contributed by atoms with van der Waals surface area (Å²) >= 11 is 0. The van der Waals surface area contributed by atoms with Gasteiger partial charge in [-0.3, -0.25) is 19.6 Å². The first-order chi connectivity index (χ1) is 15.2. The van der Waals surface area contributed by atoms with Gasteiger partial charge >= 0.3 is 6.09 Å². The Morgan fingerprint density at radius 1 is 1.03 bits per heavy atom. The molecule has 12 heteroatoms.